The summed E-state index contributed by atoms with van der Waals surface area (Å²) in [6.07, 6.45) is 1.05. The lowest BCUT2D eigenvalue weighted by Gasteiger charge is -2.34. The molecule has 1 aliphatic heterocycles. The number of rotatable bonds is 4. The normalized spacial score (nSPS) is 20.4. The predicted octanol–water partition coefficient (Wildman–Crippen LogP) is 2.27. The minimum Gasteiger partial charge on any atom is -0.491 e. The molecule has 0 aromatic heterocycles. The van der Waals surface area contributed by atoms with E-state index in [4.69, 9.17) is 4.74 Å². The first kappa shape index (κ1) is 12.2. The summed E-state index contributed by atoms with van der Waals surface area (Å²) < 4.78 is 5.81. The molecule has 1 unspecified atom stereocenters. The highest BCUT2D eigenvalue weighted by atomic mass is 16.5. The third kappa shape index (κ3) is 3.13. The van der Waals surface area contributed by atoms with Gasteiger partial charge in [0, 0.05) is 25.7 Å². The van der Waals surface area contributed by atoms with Crippen LogP contribution in [0.4, 0.5) is 5.69 Å². The van der Waals surface area contributed by atoms with Crippen LogP contribution in [0.1, 0.15) is 20.3 Å². The molecule has 1 aromatic carbocycles. The molecule has 1 N–H and O–H groups in total. The van der Waals surface area contributed by atoms with Crippen LogP contribution in [-0.4, -0.2) is 32.3 Å². The van der Waals surface area contributed by atoms with Crippen LogP contribution in [0.3, 0.4) is 0 Å². The van der Waals surface area contributed by atoms with Crippen molar-refractivity contribution in [3.63, 3.8) is 0 Å². The molecule has 1 atom stereocenters. The van der Waals surface area contributed by atoms with E-state index in [2.05, 4.69) is 42.3 Å². The van der Waals surface area contributed by atoms with E-state index in [1.807, 2.05) is 6.07 Å². The molecule has 94 valence electrons. The molecule has 3 nitrogen and oxygen atoms in total. The molecule has 0 spiro atoms. The topological polar surface area (TPSA) is 24.5 Å². The third-order valence-electron chi connectivity index (χ3n) is 3.04. The van der Waals surface area contributed by atoms with Crippen LogP contribution in [0.2, 0.25) is 0 Å². The van der Waals surface area contributed by atoms with E-state index in [9.17, 15) is 0 Å². The van der Waals surface area contributed by atoms with Crippen molar-refractivity contribution in [2.45, 2.75) is 26.3 Å². The van der Waals surface area contributed by atoms with Gasteiger partial charge in [0.2, 0.25) is 0 Å². The van der Waals surface area contributed by atoms with Crippen LogP contribution in [0.25, 0.3) is 0 Å². The fraction of sp³-hybridized carbons (Fsp3) is 0.571. The van der Waals surface area contributed by atoms with Crippen molar-refractivity contribution in [3.8, 4) is 5.75 Å². The second-order valence-corrected chi connectivity index (χ2v) is 4.62. The Morgan fingerprint density at radius 1 is 1.41 bits per heavy atom. The molecule has 1 aromatic rings. The molecule has 1 fully saturated rings. The summed E-state index contributed by atoms with van der Waals surface area (Å²) in [6, 6.07) is 8.89. The molecule has 1 saturated heterocycles. The number of anilines is 1. The Bertz CT molecular complexity index is 354. The smallest absolute Gasteiger partial charge is 0.142 e. The predicted molar refractivity (Wildman–Crippen MR) is 71.9 cm³/mol. The number of hydrogen-bond donors (Lipinski definition) is 1. The fourth-order valence-corrected chi connectivity index (χ4v) is 2.20. The van der Waals surface area contributed by atoms with Gasteiger partial charge in [-0.2, -0.15) is 0 Å². The lowest BCUT2D eigenvalue weighted by molar-refractivity contribution is 0.316. The maximum atomic E-state index is 5.81. The minimum absolute atomic E-state index is 0.544. The summed E-state index contributed by atoms with van der Waals surface area (Å²) >= 11 is 0. The third-order valence-corrected chi connectivity index (χ3v) is 3.04. The first-order valence-electron chi connectivity index (χ1n) is 6.51. The molecule has 1 aliphatic rings. The molecule has 0 saturated carbocycles. The van der Waals surface area contributed by atoms with Gasteiger partial charge in [-0.05, 0) is 25.5 Å². The monoisotopic (exact) mass is 234 g/mol. The second-order valence-electron chi connectivity index (χ2n) is 4.62. The number of ether oxygens (including phenoxy) is 1. The van der Waals surface area contributed by atoms with E-state index in [0.717, 1.165) is 38.4 Å². The first-order chi connectivity index (χ1) is 8.31. The Kier molecular flexibility index (Phi) is 4.26. The lowest BCUT2D eigenvalue weighted by Crippen LogP contribution is -2.49. The van der Waals surface area contributed by atoms with Gasteiger partial charge in [-0.3, -0.25) is 0 Å². The van der Waals surface area contributed by atoms with Crippen molar-refractivity contribution in [2.75, 3.05) is 31.1 Å². The number of benzene rings is 1. The maximum Gasteiger partial charge on any atom is 0.142 e. The van der Waals surface area contributed by atoms with Gasteiger partial charge < -0.3 is 15.0 Å². The van der Waals surface area contributed by atoms with Gasteiger partial charge >= 0.3 is 0 Å². The highest BCUT2D eigenvalue weighted by Crippen LogP contribution is 2.28. The minimum atomic E-state index is 0.544. The number of piperazine rings is 1. The van der Waals surface area contributed by atoms with Gasteiger partial charge in [0.1, 0.15) is 5.75 Å². The van der Waals surface area contributed by atoms with Crippen LogP contribution in [0.15, 0.2) is 24.3 Å². The highest BCUT2D eigenvalue weighted by Gasteiger charge is 2.18. The largest absolute Gasteiger partial charge is 0.491 e. The summed E-state index contributed by atoms with van der Waals surface area (Å²) in [5, 5.41) is 3.46. The van der Waals surface area contributed by atoms with E-state index in [0.29, 0.717) is 6.04 Å². The summed E-state index contributed by atoms with van der Waals surface area (Å²) in [5.41, 5.74) is 1.23. The molecule has 0 radical (unpaired) electrons. The van der Waals surface area contributed by atoms with Gasteiger partial charge in [-0.15, -0.1) is 0 Å². The van der Waals surface area contributed by atoms with Gasteiger partial charge in [-0.1, -0.05) is 19.1 Å². The van der Waals surface area contributed by atoms with E-state index in [1.54, 1.807) is 0 Å². The Balaban J connectivity index is 2.12. The zero-order chi connectivity index (χ0) is 12.1. The Morgan fingerprint density at radius 3 is 3.00 bits per heavy atom. The van der Waals surface area contributed by atoms with Crippen molar-refractivity contribution < 1.29 is 4.74 Å². The number of hydrogen-bond acceptors (Lipinski definition) is 3. The van der Waals surface area contributed by atoms with Crippen molar-refractivity contribution in [3.05, 3.63) is 24.3 Å². The molecule has 0 aliphatic carbocycles. The number of nitrogens with one attached hydrogen (secondary N) is 1. The second kappa shape index (κ2) is 5.92. The van der Waals surface area contributed by atoms with E-state index >= 15 is 0 Å². The molecular formula is C14H22N2O. The van der Waals surface area contributed by atoms with Gasteiger partial charge in [-0.25, -0.2) is 0 Å². The van der Waals surface area contributed by atoms with Crippen molar-refractivity contribution in [2.24, 2.45) is 0 Å². The van der Waals surface area contributed by atoms with E-state index in [1.165, 1.54) is 5.69 Å². The standard InChI is InChI=1S/C14H22N2O/c1-3-10-17-14-7-5-4-6-13(14)16-9-8-15-12(2)11-16/h4-7,12,15H,3,8-11H2,1-2H3. The zero-order valence-corrected chi connectivity index (χ0v) is 10.8. The van der Waals surface area contributed by atoms with Gasteiger partial charge in [0.25, 0.3) is 0 Å². The summed E-state index contributed by atoms with van der Waals surface area (Å²) in [4.78, 5) is 2.41. The van der Waals surface area contributed by atoms with E-state index in [-0.39, 0.29) is 0 Å². The highest BCUT2D eigenvalue weighted by molar-refractivity contribution is 5.58. The van der Waals surface area contributed by atoms with Crippen LogP contribution >= 0.6 is 0 Å². The lowest BCUT2D eigenvalue weighted by atomic mass is 10.2. The molecule has 2 rings (SSSR count). The Hall–Kier alpha value is -1.22. The van der Waals surface area contributed by atoms with Crippen LogP contribution in [-0.2, 0) is 0 Å². The number of para-hydroxylation sites is 2. The van der Waals surface area contributed by atoms with Crippen LogP contribution in [0.5, 0.6) is 5.75 Å². The number of nitrogens with zero attached hydrogens (tertiary/aromatic N) is 1. The van der Waals surface area contributed by atoms with Crippen LogP contribution in [0, 0.1) is 0 Å². The Labute approximate surface area is 104 Å². The summed E-state index contributed by atoms with van der Waals surface area (Å²) in [7, 11) is 0. The van der Waals surface area contributed by atoms with Gasteiger partial charge in [0.15, 0.2) is 0 Å². The molecule has 0 bridgehead atoms. The van der Waals surface area contributed by atoms with E-state index < -0.39 is 0 Å². The average molecular weight is 234 g/mol. The van der Waals surface area contributed by atoms with Crippen molar-refractivity contribution >= 4 is 5.69 Å². The maximum absolute atomic E-state index is 5.81. The average Bonchev–Trinajstić information content (AvgIpc) is 2.37. The zero-order valence-electron chi connectivity index (χ0n) is 10.8. The molecular weight excluding hydrogens is 212 g/mol. The quantitative estimate of drug-likeness (QED) is 0.865. The van der Waals surface area contributed by atoms with Crippen molar-refractivity contribution in [1.82, 2.24) is 5.32 Å². The fourth-order valence-electron chi connectivity index (χ4n) is 2.20. The molecule has 1 heterocycles. The molecule has 17 heavy (non-hydrogen) atoms. The summed E-state index contributed by atoms with van der Waals surface area (Å²) in [5.74, 6) is 1.02. The first-order valence-corrected chi connectivity index (χ1v) is 6.51. The van der Waals surface area contributed by atoms with Crippen molar-refractivity contribution in [1.29, 1.82) is 0 Å². The molecule has 3 heteroatoms. The SMILES string of the molecule is CCCOc1ccccc1N1CCNC(C)C1. The molecule has 0 amide bonds. The Morgan fingerprint density at radius 2 is 2.24 bits per heavy atom. The van der Waals surface area contributed by atoms with Crippen LogP contribution < -0.4 is 15.0 Å². The van der Waals surface area contributed by atoms with Gasteiger partial charge in [0.05, 0.1) is 12.3 Å². The summed E-state index contributed by atoms with van der Waals surface area (Å²) in [6.45, 7) is 8.29.